The van der Waals surface area contributed by atoms with Crippen LogP contribution in [-0.4, -0.2) is 48.2 Å². The average molecular weight is 451 g/mol. The average Bonchev–Trinajstić information content (AvgIpc) is 2.73. The number of aliphatic hydroxyl groups excluding tert-OH is 1. The summed E-state index contributed by atoms with van der Waals surface area (Å²) in [5.41, 5.74) is 5.47. The Balaban J connectivity index is 2.05. The first-order valence-electron chi connectivity index (χ1n) is 9.26. The number of non-ortho nitro benzene ring substituents is 1. The minimum absolute atomic E-state index is 0.0144. The molecule has 166 valence electrons. The summed E-state index contributed by atoms with van der Waals surface area (Å²) in [6.45, 7) is 1.60. The third kappa shape index (κ3) is 4.57. The van der Waals surface area contributed by atoms with Gasteiger partial charge in [-0.2, -0.15) is 0 Å². The van der Waals surface area contributed by atoms with Crippen molar-refractivity contribution in [3.8, 4) is 5.75 Å². The molecule has 0 bridgehead atoms. The van der Waals surface area contributed by atoms with Crippen LogP contribution in [0.1, 0.15) is 18.5 Å². The lowest BCUT2D eigenvalue weighted by Crippen LogP contribution is -2.59. The number of methoxy groups -OCH3 is 2. The summed E-state index contributed by atoms with van der Waals surface area (Å²) >= 11 is 5.89. The summed E-state index contributed by atoms with van der Waals surface area (Å²) in [4.78, 5) is 15.1. The van der Waals surface area contributed by atoms with Gasteiger partial charge in [-0.1, -0.05) is 11.6 Å². The Morgan fingerprint density at radius 2 is 1.97 bits per heavy atom. The van der Waals surface area contributed by atoms with Crippen molar-refractivity contribution in [1.29, 1.82) is 0 Å². The second kappa shape index (κ2) is 9.06. The number of benzene rings is 2. The Morgan fingerprint density at radius 3 is 2.55 bits per heavy atom. The molecule has 0 saturated carbocycles. The van der Waals surface area contributed by atoms with E-state index in [-0.39, 0.29) is 11.6 Å². The number of rotatable bonds is 6. The molecule has 2 aromatic carbocycles. The summed E-state index contributed by atoms with van der Waals surface area (Å²) in [5.74, 6) is 0.282. The zero-order valence-corrected chi connectivity index (χ0v) is 17.9. The number of nitrogens with one attached hydrogen (secondary N) is 1. The number of nitrogens with zero attached hydrogens (tertiary/aromatic N) is 2. The van der Waals surface area contributed by atoms with E-state index in [1.807, 2.05) is 0 Å². The monoisotopic (exact) mass is 450 g/mol. The van der Waals surface area contributed by atoms with Gasteiger partial charge in [0, 0.05) is 42.6 Å². The number of hydrogen-bond acceptors (Lipinski definition) is 7. The fourth-order valence-electron chi connectivity index (χ4n) is 3.51. The van der Waals surface area contributed by atoms with Crippen LogP contribution < -0.4 is 15.8 Å². The number of nitrogens with two attached hydrogens (primary N) is 1. The lowest BCUT2D eigenvalue weighted by molar-refractivity contribution is -0.385. The Bertz CT molecular complexity index is 982. The van der Waals surface area contributed by atoms with E-state index in [0.717, 1.165) is 0 Å². The Labute approximate surface area is 183 Å². The third-order valence-corrected chi connectivity index (χ3v) is 5.28. The van der Waals surface area contributed by atoms with E-state index in [1.165, 1.54) is 32.4 Å². The normalized spacial score (nSPS) is 23.2. The van der Waals surface area contributed by atoms with Crippen molar-refractivity contribution in [3.05, 3.63) is 63.2 Å². The number of aliphatic hydroxyl groups is 1. The van der Waals surface area contributed by atoms with E-state index in [1.54, 1.807) is 31.2 Å². The van der Waals surface area contributed by atoms with E-state index >= 15 is 0 Å². The van der Waals surface area contributed by atoms with Gasteiger partial charge in [-0.25, -0.2) is 4.99 Å². The molecular formula is C20H23ClN4O6. The summed E-state index contributed by atoms with van der Waals surface area (Å²) < 4.78 is 16.6. The standard InChI is InChI=1S/C20H23ClN4O6/c1-20(18(29-2)30-3)17(26)16(14-10-13(25(27)28)8-9-15(14)31-20)24-19(22)23-12-6-4-11(21)5-7-12/h4-10,16-18,26H,1-3H3,(H3,22,23,24). The number of fused-ring (bicyclic) bond motifs is 1. The van der Waals surface area contributed by atoms with Crippen LogP contribution in [0.15, 0.2) is 47.5 Å². The topological polar surface area (TPSA) is 141 Å². The molecule has 0 amide bonds. The molecule has 0 saturated heterocycles. The minimum Gasteiger partial charge on any atom is -0.479 e. The van der Waals surface area contributed by atoms with Crippen LogP contribution in [0, 0.1) is 10.1 Å². The minimum atomic E-state index is -1.37. The lowest BCUT2D eigenvalue weighted by Gasteiger charge is -2.45. The maximum atomic E-state index is 11.3. The number of ether oxygens (including phenoxy) is 3. The van der Waals surface area contributed by atoms with E-state index < -0.39 is 29.0 Å². The molecule has 0 aliphatic carbocycles. The maximum Gasteiger partial charge on any atom is 0.270 e. The summed E-state index contributed by atoms with van der Waals surface area (Å²) in [5, 5.41) is 25.9. The molecule has 0 radical (unpaired) electrons. The van der Waals surface area contributed by atoms with Crippen molar-refractivity contribution in [1.82, 2.24) is 0 Å². The van der Waals surface area contributed by atoms with Crippen molar-refractivity contribution >= 4 is 28.9 Å². The largest absolute Gasteiger partial charge is 0.479 e. The Kier molecular flexibility index (Phi) is 6.65. The van der Waals surface area contributed by atoms with Crippen LogP contribution in [0.2, 0.25) is 5.02 Å². The second-order valence-corrected chi connectivity index (χ2v) is 7.54. The highest BCUT2D eigenvalue weighted by Crippen LogP contribution is 2.45. The highest BCUT2D eigenvalue weighted by atomic mass is 35.5. The first-order valence-corrected chi connectivity index (χ1v) is 9.64. The zero-order valence-electron chi connectivity index (χ0n) is 17.1. The molecule has 10 nitrogen and oxygen atoms in total. The van der Waals surface area contributed by atoms with Gasteiger partial charge in [0.25, 0.3) is 5.69 Å². The molecule has 3 atom stereocenters. The smallest absolute Gasteiger partial charge is 0.270 e. The van der Waals surface area contributed by atoms with Crippen LogP contribution in [0.25, 0.3) is 0 Å². The van der Waals surface area contributed by atoms with Gasteiger partial charge in [-0.15, -0.1) is 0 Å². The van der Waals surface area contributed by atoms with E-state index in [2.05, 4.69) is 10.3 Å². The maximum absolute atomic E-state index is 11.3. The molecule has 11 heteroatoms. The third-order valence-electron chi connectivity index (χ3n) is 5.03. The fraction of sp³-hybridized carbons (Fsp3) is 0.350. The molecule has 1 aliphatic rings. The van der Waals surface area contributed by atoms with Gasteiger partial charge < -0.3 is 30.4 Å². The number of nitro benzene ring substituents is 1. The summed E-state index contributed by atoms with van der Waals surface area (Å²) in [6, 6.07) is 9.83. The zero-order chi connectivity index (χ0) is 22.8. The molecule has 4 N–H and O–H groups in total. The second-order valence-electron chi connectivity index (χ2n) is 7.10. The van der Waals surface area contributed by atoms with E-state index in [0.29, 0.717) is 22.0 Å². The van der Waals surface area contributed by atoms with Gasteiger partial charge in [-0.3, -0.25) is 10.1 Å². The molecule has 0 fully saturated rings. The summed E-state index contributed by atoms with van der Waals surface area (Å²) in [7, 11) is 2.82. The first kappa shape index (κ1) is 22.8. The highest BCUT2D eigenvalue weighted by Gasteiger charge is 2.52. The Morgan fingerprint density at radius 1 is 1.32 bits per heavy atom. The number of aliphatic imine (C=N–C) groups is 1. The van der Waals surface area contributed by atoms with Gasteiger partial charge in [0.05, 0.1) is 4.92 Å². The predicted molar refractivity (Wildman–Crippen MR) is 115 cm³/mol. The predicted octanol–water partition coefficient (Wildman–Crippen LogP) is 2.85. The molecule has 2 aromatic rings. The van der Waals surface area contributed by atoms with Crippen LogP contribution >= 0.6 is 11.6 Å². The van der Waals surface area contributed by atoms with Crippen molar-refractivity contribution in [3.63, 3.8) is 0 Å². The number of halogens is 1. The van der Waals surface area contributed by atoms with Crippen LogP contribution in [0.3, 0.4) is 0 Å². The fourth-order valence-corrected chi connectivity index (χ4v) is 3.64. The highest BCUT2D eigenvalue weighted by molar-refractivity contribution is 6.30. The quantitative estimate of drug-likeness (QED) is 0.200. The van der Waals surface area contributed by atoms with Gasteiger partial charge in [0.2, 0.25) is 0 Å². The van der Waals surface area contributed by atoms with Gasteiger partial charge in [0.15, 0.2) is 17.9 Å². The van der Waals surface area contributed by atoms with Crippen molar-refractivity contribution in [2.75, 3.05) is 19.5 Å². The number of nitro groups is 1. The molecule has 0 aromatic heterocycles. The van der Waals surface area contributed by atoms with Crippen LogP contribution in [-0.2, 0) is 9.47 Å². The van der Waals surface area contributed by atoms with Gasteiger partial charge in [-0.05, 0) is 37.3 Å². The first-order chi connectivity index (χ1) is 14.7. The van der Waals surface area contributed by atoms with E-state index in [4.69, 9.17) is 31.5 Å². The molecule has 3 unspecified atom stereocenters. The summed E-state index contributed by atoms with van der Waals surface area (Å²) in [6.07, 6.45) is -2.26. The van der Waals surface area contributed by atoms with Crippen LogP contribution in [0.4, 0.5) is 11.4 Å². The van der Waals surface area contributed by atoms with Crippen molar-refractivity contribution in [2.24, 2.45) is 10.7 Å². The molecule has 31 heavy (non-hydrogen) atoms. The SMILES string of the molecule is COC(OC)C1(C)Oc2ccc([N+](=O)[O-])cc2C(N=C(N)Nc2ccc(Cl)cc2)C1O. The number of hydrogen-bond donors (Lipinski definition) is 3. The molecule has 1 aliphatic heterocycles. The van der Waals surface area contributed by atoms with E-state index in [9.17, 15) is 15.2 Å². The van der Waals surface area contributed by atoms with Crippen molar-refractivity contribution in [2.45, 2.75) is 31.0 Å². The number of anilines is 1. The molecule has 3 rings (SSSR count). The Hall–Kier alpha value is -2.92. The molecule has 0 spiro atoms. The van der Waals surface area contributed by atoms with Gasteiger partial charge in [0.1, 0.15) is 17.9 Å². The molecule has 1 heterocycles. The molecular weight excluding hydrogens is 428 g/mol. The van der Waals surface area contributed by atoms with Crippen LogP contribution in [0.5, 0.6) is 5.75 Å². The van der Waals surface area contributed by atoms with Crippen molar-refractivity contribution < 1.29 is 24.2 Å². The van der Waals surface area contributed by atoms with Gasteiger partial charge >= 0.3 is 0 Å². The number of guanidine groups is 1. The lowest BCUT2D eigenvalue weighted by atomic mass is 9.84.